The van der Waals surface area contributed by atoms with Crippen molar-refractivity contribution in [1.82, 2.24) is 4.90 Å². The molecular weight excluding hydrogens is 528 g/mol. The molecule has 3 aromatic rings. The first-order chi connectivity index (χ1) is 20.1. The second-order valence-corrected chi connectivity index (χ2v) is 12.5. The maximum atomic E-state index is 13.1. The lowest BCUT2D eigenvalue weighted by Gasteiger charge is -2.43. The molecule has 3 aromatic carbocycles. The van der Waals surface area contributed by atoms with Crippen LogP contribution in [0, 0.1) is 5.92 Å². The Hall–Kier alpha value is -3.07. The number of carbonyl (C=O) groups excluding carboxylic acids is 1. The van der Waals surface area contributed by atoms with E-state index in [9.17, 15) is 9.90 Å². The van der Waals surface area contributed by atoms with Crippen molar-refractivity contribution >= 4 is 5.97 Å². The van der Waals surface area contributed by atoms with E-state index in [-0.39, 0.29) is 36.7 Å². The smallest absolute Gasteiger partial charge is 0.323 e. The first kappa shape index (κ1) is 30.4. The van der Waals surface area contributed by atoms with E-state index in [0.717, 1.165) is 52.8 Å². The van der Waals surface area contributed by atoms with E-state index in [4.69, 9.17) is 19.9 Å². The SMILES string of the molecule is C[C@@H]1[C@H](CN2CCC[C@H]2C(=O)OC(C)(C)C)O[C@H](c2cccc(-c3cccc(CN)c3)c2)O[C@@H]1c1ccc(CO)cc1. The largest absolute Gasteiger partial charge is 0.459 e. The van der Waals surface area contributed by atoms with Crippen LogP contribution >= 0.6 is 0 Å². The lowest BCUT2D eigenvalue weighted by atomic mass is 9.89. The maximum Gasteiger partial charge on any atom is 0.323 e. The van der Waals surface area contributed by atoms with Gasteiger partial charge in [-0.2, -0.15) is 0 Å². The Morgan fingerprint density at radius 3 is 2.38 bits per heavy atom. The third-order valence-corrected chi connectivity index (χ3v) is 8.24. The molecule has 0 bridgehead atoms. The fourth-order valence-corrected chi connectivity index (χ4v) is 5.98. The molecule has 5 rings (SSSR count). The Morgan fingerprint density at radius 1 is 0.976 bits per heavy atom. The zero-order valence-electron chi connectivity index (χ0n) is 25.2. The van der Waals surface area contributed by atoms with Crippen molar-refractivity contribution in [2.45, 2.75) is 83.8 Å². The van der Waals surface area contributed by atoms with Gasteiger partial charge in [-0.3, -0.25) is 9.69 Å². The average Bonchev–Trinajstić information content (AvgIpc) is 3.46. The lowest BCUT2D eigenvalue weighted by Crippen LogP contribution is -2.48. The first-order valence-electron chi connectivity index (χ1n) is 15.0. The molecule has 3 N–H and O–H groups in total. The van der Waals surface area contributed by atoms with Gasteiger partial charge in [0.1, 0.15) is 11.6 Å². The number of aliphatic hydroxyl groups is 1. The number of likely N-dealkylation sites (tertiary alicyclic amines) is 1. The van der Waals surface area contributed by atoms with Crippen LogP contribution in [0.5, 0.6) is 0 Å². The van der Waals surface area contributed by atoms with Crippen molar-refractivity contribution < 1.29 is 24.1 Å². The summed E-state index contributed by atoms with van der Waals surface area (Å²) in [4.78, 5) is 15.3. The third-order valence-electron chi connectivity index (χ3n) is 8.24. The van der Waals surface area contributed by atoms with Crippen LogP contribution < -0.4 is 5.73 Å². The van der Waals surface area contributed by atoms with Crippen LogP contribution in [0.1, 0.15) is 75.2 Å². The van der Waals surface area contributed by atoms with Gasteiger partial charge in [0.25, 0.3) is 0 Å². The van der Waals surface area contributed by atoms with Gasteiger partial charge in [0.2, 0.25) is 0 Å². The van der Waals surface area contributed by atoms with Crippen LogP contribution in [0.4, 0.5) is 0 Å². The molecule has 224 valence electrons. The van der Waals surface area contributed by atoms with Crippen molar-refractivity contribution in [2.24, 2.45) is 11.7 Å². The number of nitrogens with zero attached hydrogens (tertiary/aromatic N) is 1. The minimum atomic E-state index is -0.589. The maximum absolute atomic E-state index is 13.1. The summed E-state index contributed by atoms with van der Waals surface area (Å²) >= 11 is 0. The molecule has 0 amide bonds. The Labute approximate surface area is 249 Å². The van der Waals surface area contributed by atoms with E-state index in [1.54, 1.807) is 0 Å². The van der Waals surface area contributed by atoms with Gasteiger partial charge in [-0.25, -0.2) is 0 Å². The van der Waals surface area contributed by atoms with Gasteiger partial charge in [-0.05, 0) is 80.1 Å². The molecule has 0 saturated carbocycles. The molecule has 0 radical (unpaired) electrons. The number of nitrogens with two attached hydrogens (primary N) is 1. The van der Waals surface area contributed by atoms with Crippen LogP contribution in [0.2, 0.25) is 0 Å². The number of hydrogen-bond donors (Lipinski definition) is 2. The van der Waals surface area contributed by atoms with E-state index in [2.05, 4.69) is 36.1 Å². The number of benzene rings is 3. The summed E-state index contributed by atoms with van der Waals surface area (Å²) in [5.74, 6) is -0.148. The van der Waals surface area contributed by atoms with Crippen molar-refractivity contribution in [3.63, 3.8) is 0 Å². The normalized spacial score (nSPS) is 25.0. The molecule has 2 fully saturated rings. The molecule has 42 heavy (non-hydrogen) atoms. The van der Waals surface area contributed by atoms with Crippen LogP contribution in [0.3, 0.4) is 0 Å². The molecule has 5 atom stereocenters. The molecule has 7 nitrogen and oxygen atoms in total. The van der Waals surface area contributed by atoms with Crippen molar-refractivity contribution in [3.8, 4) is 11.1 Å². The summed E-state index contributed by atoms with van der Waals surface area (Å²) in [6, 6.07) is 24.2. The summed E-state index contributed by atoms with van der Waals surface area (Å²) < 4.78 is 19.2. The van der Waals surface area contributed by atoms with Crippen LogP contribution in [-0.2, 0) is 32.2 Å². The molecule has 2 saturated heterocycles. The van der Waals surface area contributed by atoms with Gasteiger partial charge in [-0.15, -0.1) is 0 Å². The predicted molar refractivity (Wildman–Crippen MR) is 163 cm³/mol. The van der Waals surface area contributed by atoms with Gasteiger partial charge in [0, 0.05) is 24.6 Å². The number of hydrogen-bond acceptors (Lipinski definition) is 7. The third kappa shape index (κ3) is 7.10. The van der Waals surface area contributed by atoms with Crippen LogP contribution in [0.25, 0.3) is 11.1 Å². The molecular formula is C35H44N2O5. The standard InChI is InChI=1S/C35H44N2O5/c1-23-31(21-37-17-7-12-30(37)33(39)42-35(2,3)4)40-34(41-32(23)26-15-13-24(22-38)14-16-26)29-11-6-10-28(19-29)27-9-5-8-25(18-27)20-36/h5-6,8-11,13-16,18-19,23,30-32,34,38H,7,12,17,20-22,36H2,1-4H3/t23-,30+,31+,32+,34+/m1/s1. The minimum Gasteiger partial charge on any atom is -0.459 e. The fourth-order valence-electron chi connectivity index (χ4n) is 5.98. The van der Waals surface area contributed by atoms with Gasteiger partial charge >= 0.3 is 5.97 Å². The van der Waals surface area contributed by atoms with Gasteiger partial charge in [-0.1, -0.05) is 67.6 Å². The Balaban J connectivity index is 1.43. The molecule has 2 aliphatic heterocycles. The van der Waals surface area contributed by atoms with E-state index in [0.29, 0.717) is 13.1 Å². The van der Waals surface area contributed by atoms with E-state index in [1.165, 1.54) is 0 Å². The molecule has 0 aliphatic carbocycles. The molecule has 0 unspecified atom stereocenters. The highest BCUT2D eigenvalue weighted by Gasteiger charge is 2.42. The summed E-state index contributed by atoms with van der Waals surface area (Å²) in [5, 5.41) is 9.57. The topological polar surface area (TPSA) is 94.3 Å². The zero-order valence-corrected chi connectivity index (χ0v) is 25.2. The zero-order chi connectivity index (χ0) is 29.9. The Morgan fingerprint density at radius 2 is 1.69 bits per heavy atom. The highest BCUT2D eigenvalue weighted by molar-refractivity contribution is 5.76. The Kier molecular flexibility index (Phi) is 9.45. The summed E-state index contributed by atoms with van der Waals surface area (Å²) in [7, 11) is 0. The van der Waals surface area contributed by atoms with E-state index in [1.807, 2.05) is 69.3 Å². The van der Waals surface area contributed by atoms with Gasteiger partial charge in [0.15, 0.2) is 6.29 Å². The van der Waals surface area contributed by atoms with Crippen LogP contribution in [-0.4, -0.2) is 46.8 Å². The van der Waals surface area contributed by atoms with E-state index >= 15 is 0 Å². The van der Waals surface area contributed by atoms with Gasteiger partial charge in [0.05, 0.1) is 18.8 Å². The number of esters is 1. The molecule has 2 heterocycles. The molecule has 2 aliphatic rings. The monoisotopic (exact) mass is 572 g/mol. The Bertz CT molecular complexity index is 1350. The van der Waals surface area contributed by atoms with Crippen molar-refractivity contribution in [2.75, 3.05) is 13.1 Å². The lowest BCUT2D eigenvalue weighted by molar-refractivity contribution is -0.276. The highest BCUT2D eigenvalue weighted by atomic mass is 16.7. The molecule has 7 heteroatoms. The summed E-state index contributed by atoms with van der Waals surface area (Å²) in [5.41, 5.74) is 11.4. The number of rotatable bonds is 8. The quantitative estimate of drug-likeness (QED) is 0.325. The predicted octanol–water partition coefficient (Wildman–Crippen LogP) is 5.90. The number of ether oxygens (including phenoxy) is 3. The first-order valence-corrected chi connectivity index (χ1v) is 15.0. The summed E-state index contributed by atoms with van der Waals surface area (Å²) in [6.07, 6.45) is 0.730. The highest BCUT2D eigenvalue weighted by Crippen LogP contribution is 2.43. The van der Waals surface area contributed by atoms with Crippen molar-refractivity contribution in [3.05, 3.63) is 95.1 Å². The number of aliphatic hydroxyl groups excluding tert-OH is 1. The molecule has 0 spiro atoms. The van der Waals surface area contributed by atoms with Crippen LogP contribution in [0.15, 0.2) is 72.8 Å². The summed E-state index contributed by atoms with van der Waals surface area (Å²) in [6.45, 7) is 9.79. The van der Waals surface area contributed by atoms with Gasteiger partial charge < -0.3 is 25.1 Å². The minimum absolute atomic E-state index is 0.00508. The second-order valence-electron chi connectivity index (χ2n) is 12.5. The average molecular weight is 573 g/mol. The number of carbonyl (C=O) groups is 1. The fraction of sp³-hybridized carbons (Fsp3) is 0.457. The van der Waals surface area contributed by atoms with E-state index < -0.39 is 11.9 Å². The molecule has 0 aromatic heterocycles. The van der Waals surface area contributed by atoms with Crippen molar-refractivity contribution in [1.29, 1.82) is 0 Å². The second kappa shape index (κ2) is 13.1.